The minimum atomic E-state index is -3.06. The lowest BCUT2D eigenvalue weighted by Gasteiger charge is -2.30. The summed E-state index contributed by atoms with van der Waals surface area (Å²) in [5, 5.41) is 9.08. The van der Waals surface area contributed by atoms with Crippen molar-refractivity contribution in [2.75, 3.05) is 25.4 Å². The van der Waals surface area contributed by atoms with Crippen LogP contribution in [0.2, 0.25) is 0 Å². The topological polar surface area (TPSA) is 57.6 Å². The molecule has 1 unspecified atom stereocenters. The van der Waals surface area contributed by atoms with E-state index in [2.05, 4.69) is 0 Å². The molecular weight excluding hydrogens is 226 g/mol. The second-order valence-corrected chi connectivity index (χ2v) is 7.19. The van der Waals surface area contributed by atoms with Crippen LogP contribution in [0.25, 0.3) is 0 Å². The van der Waals surface area contributed by atoms with Crippen molar-refractivity contribution in [1.82, 2.24) is 4.31 Å². The van der Waals surface area contributed by atoms with Crippen LogP contribution in [-0.2, 0) is 10.0 Å². The minimum absolute atomic E-state index is 0.106. The summed E-state index contributed by atoms with van der Waals surface area (Å²) in [6.07, 6.45) is 5.06. The second-order valence-electron chi connectivity index (χ2n) is 5.10. The van der Waals surface area contributed by atoms with Crippen molar-refractivity contribution >= 4 is 10.0 Å². The third-order valence-electron chi connectivity index (χ3n) is 3.61. The highest BCUT2D eigenvalue weighted by Gasteiger charge is 2.30. The number of hydrogen-bond donors (Lipinski definition) is 1. The molecule has 0 bridgehead atoms. The van der Waals surface area contributed by atoms with E-state index < -0.39 is 10.0 Å². The van der Waals surface area contributed by atoms with Crippen molar-refractivity contribution in [3.8, 4) is 0 Å². The molecule has 0 radical (unpaired) electrons. The fourth-order valence-corrected chi connectivity index (χ4v) is 4.01. The first-order valence-electron chi connectivity index (χ1n) is 6.20. The van der Waals surface area contributed by atoms with Crippen LogP contribution in [-0.4, -0.2) is 43.3 Å². The van der Waals surface area contributed by atoms with E-state index >= 15 is 0 Å². The molecule has 2 fully saturated rings. The average Bonchev–Trinajstić information content (AvgIpc) is 3.10. The maximum Gasteiger partial charge on any atom is 0.214 e. The summed E-state index contributed by atoms with van der Waals surface area (Å²) in [4.78, 5) is 0. The number of nitrogens with zero attached hydrogens (tertiary/aromatic N) is 1. The quantitative estimate of drug-likeness (QED) is 0.782. The Kier molecular flexibility index (Phi) is 3.87. The molecule has 1 heterocycles. The molecule has 0 aromatic heterocycles. The molecule has 2 rings (SSSR count). The van der Waals surface area contributed by atoms with Gasteiger partial charge in [0.25, 0.3) is 0 Å². The van der Waals surface area contributed by atoms with Crippen LogP contribution in [0.1, 0.15) is 32.1 Å². The number of piperidine rings is 1. The maximum absolute atomic E-state index is 12.0. The van der Waals surface area contributed by atoms with Gasteiger partial charge < -0.3 is 5.11 Å². The molecule has 1 aliphatic heterocycles. The second kappa shape index (κ2) is 5.02. The van der Waals surface area contributed by atoms with Gasteiger partial charge in [-0.3, -0.25) is 0 Å². The van der Waals surface area contributed by atoms with Crippen molar-refractivity contribution in [2.24, 2.45) is 11.8 Å². The fourth-order valence-electron chi connectivity index (χ4n) is 2.28. The van der Waals surface area contributed by atoms with Crippen LogP contribution < -0.4 is 0 Å². The van der Waals surface area contributed by atoms with Gasteiger partial charge in [0.1, 0.15) is 0 Å². The first-order chi connectivity index (χ1) is 7.62. The number of aliphatic hydroxyl groups excluding tert-OH is 1. The van der Waals surface area contributed by atoms with Crippen LogP contribution in [0, 0.1) is 11.8 Å². The van der Waals surface area contributed by atoms with Crippen LogP contribution in [0.15, 0.2) is 0 Å². The van der Waals surface area contributed by atoms with E-state index in [0.29, 0.717) is 24.8 Å². The standard InChI is InChI=1S/C11H21NO3S/c13-9-11-2-1-6-12(8-11)16(14,15)7-5-10-3-4-10/h10-11,13H,1-9H2. The van der Waals surface area contributed by atoms with E-state index in [1.54, 1.807) is 4.31 Å². The van der Waals surface area contributed by atoms with Gasteiger partial charge in [0.2, 0.25) is 10.0 Å². The molecule has 1 saturated carbocycles. The zero-order chi connectivity index (χ0) is 11.6. The van der Waals surface area contributed by atoms with Gasteiger partial charge in [-0.2, -0.15) is 0 Å². The molecule has 1 aliphatic carbocycles. The molecule has 94 valence electrons. The van der Waals surface area contributed by atoms with E-state index in [4.69, 9.17) is 5.11 Å². The van der Waals surface area contributed by atoms with E-state index in [0.717, 1.165) is 19.3 Å². The Morgan fingerprint density at radius 2 is 1.94 bits per heavy atom. The highest BCUT2D eigenvalue weighted by Crippen LogP contribution is 2.33. The Labute approximate surface area is 97.7 Å². The first-order valence-corrected chi connectivity index (χ1v) is 7.81. The molecule has 1 N–H and O–H groups in total. The predicted octanol–water partition coefficient (Wildman–Crippen LogP) is 0.821. The summed E-state index contributed by atoms with van der Waals surface area (Å²) in [6, 6.07) is 0. The van der Waals surface area contributed by atoms with E-state index in [1.165, 1.54) is 12.8 Å². The van der Waals surface area contributed by atoms with E-state index in [9.17, 15) is 8.42 Å². The largest absolute Gasteiger partial charge is 0.396 e. The number of hydrogen-bond acceptors (Lipinski definition) is 3. The molecule has 1 saturated heterocycles. The predicted molar refractivity (Wildman–Crippen MR) is 62.5 cm³/mol. The Morgan fingerprint density at radius 1 is 1.19 bits per heavy atom. The summed E-state index contributed by atoms with van der Waals surface area (Å²) < 4.78 is 25.6. The molecule has 4 nitrogen and oxygen atoms in total. The lowest BCUT2D eigenvalue weighted by Crippen LogP contribution is -2.42. The zero-order valence-corrected chi connectivity index (χ0v) is 10.5. The average molecular weight is 247 g/mol. The summed E-state index contributed by atoms with van der Waals surface area (Å²) in [7, 11) is -3.06. The van der Waals surface area contributed by atoms with Crippen molar-refractivity contribution in [2.45, 2.75) is 32.1 Å². The maximum atomic E-state index is 12.0. The molecule has 0 aromatic rings. The lowest BCUT2D eigenvalue weighted by molar-refractivity contribution is 0.165. The molecule has 0 amide bonds. The Morgan fingerprint density at radius 3 is 2.56 bits per heavy atom. The normalized spacial score (nSPS) is 28.2. The summed E-state index contributed by atoms with van der Waals surface area (Å²) >= 11 is 0. The third kappa shape index (κ3) is 3.18. The van der Waals surface area contributed by atoms with Crippen molar-refractivity contribution in [1.29, 1.82) is 0 Å². The molecular formula is C11H21NO3S. The van der Waals surface area contributed by atoms with Gasteiger partial charge in [0, 0.05) is 19.7 Å². The molecule has 16 heavy (non-hydrogen) atoms. The Balaban J connectivity index is 1.87. The highest BCUT2D eigenvalue weighted by molar-refractivity contribution is 7.89. The van der Waals surface area contributed by atoms with Crippen molar-refractivity contribution in [3.05, 3.63) is 0 Å². The van der Waals surface area contributed by atoms with Gasteiger partial charge in [-0.25, -0.2) is 12.7 Å². The molecule has 0 spiro atoms. The van der Waals surface area contributed by atoms with E-state index in [-0.39, 0.29) is 12.5 Å². The molecule has 0 aromatic carbocycles. The highest BCUT2D eigenvalue weighted by atomic mass is 32.2. The number of rotatable bonds is 5. The molecule has 5 heteroatoms. The summed E-state index contributed by atoms with van der Waals surface area (Å²) in [5.41, 5.74) is 0. The lowest BCUT2D eigenvalue weighted by atomic mass is 10.0. The Bertz CT molecular complexity index is 324. The van der Waals surface area contributed by atoms with Crippen molar-refractivity contribution in [3.63, 3.8) is 0 Å². The zero-order valence-electron chi connectivity index (χ0n) is 9.64. The van der Waals surface area contributed by atoms with E-state index in [1.807, 2.05) is 0 Å². The van der Waals surface area contributed by atoms with Crippen LogP contribution in [0.3, 0.4) is 0 Å². The number of aliphatic hydroxyl groups is 1. The number of sulfonamides is 1. The minimum Gasteiger partial charge on any atom is -0.396 e. The van der Waals surface area contributed by atoms with Gasteiger partial charge in [-0.05, 0) is 31.1 Å². The van der Waals surface area contributed by atoms with Gasteiger partial charge in [0.15, 0.2) is 0 Å². The molecule has 2 aliphatic rings. The summed E-state index contributed by atoms with van der Waals surface area (Å²) in [6.45, 7) is 1.27. The van der Waals surface area contributed by atoms with Gasteiger partial charge >= 0.3 is 0 Å². The fraction of sp³-hybridized carbons (Fsp3) is 1.00. The molecule has 1 atom stereocenters. The summed E-state index contributed by atoms with van der Waals surface area (Å²) in [5.74, 6) is 1.10. The van der Waals surface area contributed by atoms with Gasteiger partial charge in [0.05, 0.1) is 5.75 Å². The van der Waals surface area contributed by atoms with Gasteiger partial charge in [-0.15, -0.1) is 0 Å². The Hall–Kier alpha value is -0.130. The third-order valence-corrected chi connectivity index (χ3v) is 5.48. The van der Waals surface area contributed by atoms with Crippen molar-refractivity contribution < 1.29 is 13.5 Å². The van der Waals surface area contributed by atoms with Gasteiger partial charge in [-0.1, -0.05) is 12.8 Å². The smallest absolute Gasteiger partial charge is 0.214 e. The van der Waals surface area contributed by atoms with Crippen LogP contribution >= 0.6 is 0 Å². The first kappa shape index (κ1) is 12.3. The monoisotopic (exact) mass is 247 g/mol. The van der Waals surface area contributed by atoms with Crippen LogP contribution in [0.4, 0.5) is 0 Å². The SMILES string of the molecule is O=S(=O)(CCC1CC1)N1CCCC(CO)C1. The van der Waals surface area contributed by atoms with Crippen LogP contribution in [0.5, 0.6) is 0 Å².